The Bertz CT molecular complexity index is 451. The van der Waals surface area contributed by atoms with E-state index < -0.39 is 0 Å². The van der Waals surface area contributed by atoms with Gasteiger partial charge >= 0.3 is 0 Å². The van der Waals surface area contributed by atoms with Gasteiger partial charge in [-0.2, -0.15) is 0 Å². The monoisotopic (exact) mass is 354 g/mol. The second-order valence-corrected chi connectivity index (χ2v) is 7.95. The number of halogens is 1. The normalized spacial score (nSPS) is 17.0. The summed E-state index contributed by atoms with van der Waals surface area (Å²) in [7, 11) is 0. The van der Waals surface area contributed by atoms with Crippen LogP contribution in [0.4, 0.5) is 0 Å². The van der Waals surface area contributed by atoms with Crippen LogP contribution in [0.5, 0.6) is 5.88 Å². The predicted octanol–water partition coefficient (Wildman–Crippen LogP) is 4.69. The summed E-state index contributed by atoms with van der Waals surface area (Å²) in [5.41, 5.74) is 1.21. The summed E-state index contributed by atoms with van der Waals surface area (Å²) >= 11 is 3.50. The Morgan fingerprint density at radius 2 is 2.00 bits per heavy atom. The number of pyridine rings is 1. The summed E-state index contributed by atoms with van der Waals surface area (Å²) in [5.74, 6) is 1.48. The molecule has 1 aliphatic rings. The third kappa shape index (κ3) is 5.95. The van der Waals surface area contributed by atoms with Gasteiger partial charge in [-0.15, -0.1) is 0 Å². The summed E-state index contributed by atoms with van der Waals surface area (Å²) in [6.07, 6.45) is 8.49. The van der Waals surface area contributed by atoms with Crippen LogP contribution < -0.4 is 10.1 Å². The average molecular weight is 355 g/mol. The highest BCUT2D eigenvalue weighted by Gasteiger charge is 2.16. The minimum Gasteiger partial charge on any atom is -0.477 e. The van der Waals surface area contributed by atoms with Crippen LogP contribution in [0.3, 0.4) is 0 Å². The van der Waals surface area contributed by atoms with Gasteiger partial charge in [0.05, 0.1) is 6.61 Å². The van der Waals surface area contributed by atoms with E-state index in [0.717, 1.165) is 29.1 Å². The maximum atomic E-state index is 6.02. The van der Waals surface area contributed by atoms with E-state index >= 15 is 0 Å². The van der Waals surface area contributed by atoms with Crippen LogP contribution in [0, 0.1) is 5.92 Å². The van der Waals surface area contributed by atoms with E-state index in [4.69, 9.17) is 4.74 Å². The molecule has 0 aliphatic heterocycles. The first-order chi connectivity index (χ1) is 9.94. The van der Waals surface area contributed by atoms with Crippen molar-refractivity contribution in [1.29, 1.82) is 0 Å². The highest BCUT2D eigenvalue weighted by molar-refractivity contribution is 9.10. The van der Waals surface area contributed by atoms with Gasteiger partial charge in [-0.25, -0.2) is 4.98 Å². The SMILES string of the molecule is CC(C)(C)NCc1cc(Br)cnc1OCC1CCCCC1. The summed E-state index contributed by atoms with van der Waals surface area (Å²) in [6.45, 7) is 8.08. The molecule has 1 aromatic rings. The molecule has 1 N–H and O–H groups in total. The van der Waals surface area contributed by atoms with Gasteiger partial charge in [-0.05, 0) is 61.5 Å². The van der Waals surface area contributed by atoms with E-state index in [0.29, 0.717) is 5.92 Å². The van der Waals surface area contributed by atoms with Gasteiger partial charge in [0, 0.05) is 28.3 Å². The fourth-order valence-electron chi connectivity index (χ4n) is 2.64. The Labute approximate surface area is 137 Å². The van der Waals surface area contributed by atoms with E-state index in [1.54, 1.807) is 0 Å². The van der Waals surface area contributed by atoms with Crippen LogP contribution in [-0.2, 0) is 6.54 Å². The Hall–Kier alpha value is -0.610. The summed E-state index contributed by atoms with van der Waals surface area (Å²) in [6, 6.07) is 2.10. The van der Waals surface area contributed by atoms with Crippen molar-refractivity contribution in [3.05, 3.63) is 22.3 Å². The molecule has 0 radical (unpaired) electrons. The number of aromatic nitrogens is 1. The molecule has 1 fully saturated rings. The van der Waals surface area contributed by atoms with Crippen molar-refractivity contribution in [3.8, 4) is 5.88 Å². The molecule has 0 amide bonds. The van der Waals surface area contributed by atoms with E-state index in [1.165, 1.54) is 32.1 Å². The lowest BCUT2D eigenvalue weighted by atomic mass is 9.90. The number of nitrogens with one attached hydrogen (secondary N) is 1. The molecule has 0 spiro atoms. The molecule has 0 unspecified atom stereocenters. The van der Waals surface area contributed by atoms with Crippen LogP contribution in [-0.4, -0.2) is 17.1 Å². The Morgan fingerprint density at radius 3 is 2.67 bits per heavy atom. The number of rotatable bonds is 5. The zero-order valence-corrected chi connectivity index (χ0v) is 15.0. The fourth-order valence-corrected chi connectivity index (χ4v) is 3.01. The molecule has 1 heterocycles. The highest BCUT2D eigenvalue weighted by atomic mass is 79.9. The second-order valence-electron chi connectivity index (χ2n) is 7.04. The summed E-state index contributed by atoms with van der Waals surface area (Å²) in [5, 5.41) is 3.50. The third-order valence-electron chi connectivity index (χ3n) is 3.88. The van der Waals surface area contributed by atoms with Crippen molar-refractivity contribution in [3.63, 3.8) is 0 Å². The number of ether oxygens (including phenoxy) is 1. The standard InChI is InChI=1S/C17H27BrN2O/c1-17(2,3)20-10-14-9-15(18)11-19-16(14)21-12-13-7-5-4-6-8-13/h9,11,13,20H,4-8,10,12H2,1-3H3. The maximum absolute atomic E-state index is 6.02. The molecular formula is C17H27BrN2O. The molecule has 0 aromatic carbocycles. The van der Waals surface area contributed by atoms with Crippen molar-refractivity contribution in [1.82, 2.24) is 10.3 Å². The Kier molecular flexibility index (Phi) is 6.06. The minimum atomic E-state index is 0.0863. The average Bonchev–Trinajstić information content (AvgIpc) is 2.44. The lowest BCUT2D eigenvalue weighted by molar-refractivity contribution is 0.200. The highest BCUT2D eigenvalue weighted by Crippen LogP contribution is 2.26. The minimum absolute atomic E-state index is 0.0863. The Morgan fingerprint density at radius 1 is 1.29 bits per heavy atom. The van der Waals surface area contributed by atoms with Gasteiger partial charge in [0.25, 0.3) is 0 Å². The van der Waals surface area contributed by atoms with Crippen LogP contribution in [0.15, 0.2) is 16.7 Å². The molecule has 0 saturated heterocycles. The first-order valence-electron chi connectivity index (χ1n) is 7.96. The largest absolute Gasteiger partial charge is 0.477 e. The molecule has 4 heteroatoms. The zero-order valence-electron chi connectivity index (χ0n) is 13.4. The van der Waals surface area contributed by atoms with Gasteiger partial charge in [0.1, 0.15) is 0 Å². The lowest BCUT2D eigenvalue weighted by Gasteiger charge is -2.23. The Balaban J connectivity index is 1.96. The fraction of sp³-hybridized carbons (Fsp3) is 0.706. The maximum Gasteiger partial charge on any atom is 0.217 e. The topological polar surface area (TPSA) is 34.2 Å². The molecule has 2 rings (SSSR count). The summed E-state index contributed by atoms with van der Waals surface area (Å²) in [4.78, 5) is 4.45. The van der Waals surface area contributed by atoms with E-state index in [9.17, 15) is 0 Å². The second kappa shape index (κ2) is 7.59. The molecule has 118 valence electrons. The molecule has 0 bridgehead atoms. The van der Waals surface area contributed by atoms with E-state index in [2.05, 4.69) is 53.1 Å². The van der Waals surface area contributed by atoms with Crippen LogP contribution in [0.25, 0.3) is 0 Å². The van der Waals surface area contributed by atoms with Crippen LogP contribution >= 0.6 is 15.9 Å². The molecular weight excluding hydrogens is 328 g/mol. The van der Waals surface area contributed by atoms with Crippen molar-refractivity contribution in [2.24, 2.45) is 5.92 Å². The molecule has 3 nitrogen and oxygen atoms in total. The van der Waals surface area contributed by atoms with Gasteiger partial charge in [0.2, 0.25) is 5.88 Å². The molecule has 21 heavy (non-hydrogen) atoms. The third-order valence-corrected chi connectivity index (χ3v) is 4.32. The summed E-state index contributed by atoms with van der Waals surface area (Å²) < 4.78 is 7.02. The molecule has 0 atom stereocenters. The van der Waals surface area contributed by atoms with Crippen LogP contribution in [0.1, 0.15) is 58.4 Å². The van der Waals surface area contributed by atoms with E-state index in [1.807, 2.05) is 6.20 Å². The van der Waals surface area contributed by atoms with Gasteiger partial charge in [-0.1, -0.05) is 19.3 Å². The molecule has 1 aliphatic carbocycles. The van der Waals surface area contributed by atoms with Crippen LogP contribution in [0.2, 0.25) is 0 Å². The van der Waals surface area contributed by atoms with E-state index in [-0.39, 0.29) is 5.54 Å². The van der Waals surface area contributed by atoms with Crippen molar-refractivity contribution in [2.45, 2.75) is 65.0 Å². The van der Waals surface area contributed by atoms with Gasteiger partial charge < -0.3 is 10.1 Å². The number of hydrogen-bond donors (Lipinski definition) is 1. The number of nitrogens with zero attached hydrogens (tertiary/aromatic N) is 1. The molecule has 1 saturated carbocycles. The quantitative estimate of drug-likeness (QED) is 0.832. The predicted molar refractivity (Wildman–Crippen MR) is 90.6 cm³/mol. The first kappa shape index (κ1) is 16.8. The van der Waals surface area contributed by atoms with Crippen molar-refractivity contribution in [2.75, 3.05) is 6.61 Å². The van der Waals surface area contributed by atoms with Gasteiger partial charge in [-0.3, -0.25) is 0 Å². The number of hydrogen-bond acceptors (Lipinski definition) is 3. The smallest absolute Gasteiger partial charge is 0.217 e. The zero-order chi connectivity index (χ0) is 15.3. The lowest BCUT2D eigenvalue weighted by Crippen LogP contribution is -2.35. The van der Waals surface area contributed by atoms with Crippen molar-refractivity contribution >= 4 is 15.9 Å². The molecule has 1 aromatic heterocycles. The first-order valence-corrected chi connectivity index (χ1v) is 8.75. The van der Waals surface area contributed by atoms with Crippen molar-refractivity contribution < 1.29 is 4.74 Å². The van der Waals surface area contributed by atoms with Gasteiger partial charge in [0.15, 0.2) is 0 Å².